The van der Waals surface area contributed by atoms with Gasteiger partial charge in [-0.15, -0.1) is 0 Å². The second-order valence-corrected chi connectivity index (χ2v) is 5.31. The van der Waals surface area contributed by atoms with Gasteiger partial charge in [-0.05, 0) is 24.7 Å². The average molecular weight is 267 g/mol. The Morgan fingerprint density at radius 3 is 2.84 bits per heavy atom. The molecule has 106 valence electrons. The third kappa shape index (κ3) is 3.32. The fraction of sp³-hybridized carbons (Fsp3) is 0.769. The Labute approximate surface area is 112 Å². The summed E-state index contributed by atoms with van der Waals surface area (Å²) in [5, 5.41) is 17.3. The van der Waals surface area contributed by atoms with Gasteiger partial charge in [0, 0.05) is 33.0 Å². The number of carbonyl (C=O) groups excluding carboxylic acids is 2. The minimum absolute atomic E-state index is 0.0623. The summed E-state index contributed by atoms with van der Waals surface area (Å²) in [5.74, 6) is 0.408. The average Bonchev–Trinajstić information content (AvgIpc) is 2.86. The van der Waals surface area contributed by atoms with Crippen LogP contribution < -0.4 is 5.32 Å². The number of aliphatic hydroxyl groups is 1. The highest BCUT2D eigenvalue weighted by molar-refractivity contribution is 6.39. The molecule has 0 bridgehead atoms. The molecule has 2 aliphatic rings. The van der Waals surface area contributed by atoms with Gasteiger partial charge in [0.1, 0.15) is 5.71 Å². The normalized spacial score (nSPS) is 27.4. The molecule has 2 rings (SSSR count). The van der Waals surface area contributed by atoms with Crippen molar-refractivity contribution < 1.29 is 14.7 Å². The predicted octanol–water partition coefficient (Wildman–Crippen LogP) is 0.119. The summed E-state index contributed by atoms with van der Waals surface area (Å²) in [6.45, 7) is 0.777. The third-order valence-electron chi connectivity index (χ3n) is 4.05. The van der Waals surface area contributed by atoms with E-state index in [9.17, 15) is 14.7 Å². The number of aliphatic hydroxyl groups excluding tert-OH is 1. The Hall–Kier alpha value is -1.43. The SMILES string of the molecule is CN1N=C(C(=O)NCC2CCCC2CO)CCC1=O. The lowest BCUT2D eigenvalue weighted by molar-refractivity contribution is -0.130. The number of nitrogens with one attached hydrogen (secondary N) is 1. The lowest BCUT2D eigenvalue weighted by Crippen LogP contribution is -2.40. The van der Waals surface area contributed by atoms with Crippen LogP contribution >= 0.6 is 0 Å². The standard InChI is InChI=1S/C13H21N3O3/c1-16-12(18)6-5-11(15-16)13(19)14-7-9-3-2-4-10(9)8-17/h9-10,17H,2-8H2,1H3,(H,14,19). The van der Waals surface area contributed by atoms with E-state index in [4.69, 9.17) is 0 Å². The molecule has 1 aliphatic heterocycles. The fourth-order valence-electron chi connectivity index (χ4n) is 2.78. The minimum atomic E-state index is -0.192. The van der Waals surface area contributed by atoms with Crippen molar-refractivity contribution in [3.05, 3.63) is 0 Å². The van der Waals surface area contributed by atoms with Crippen LogP contribution in [0.15, 0.2) is 5.10 Å². The van der Waals surface area contributed by atoms with Crippen LogP contribution in [-0.2, 0) is 9.59 Å². The molecule has 6 nitrogen and oxygen atoms in total. The van der Waals surface area contributed by atoms with Crippen LogP contribution in [0.1, 0.15) is 32.1 Å². The second-order valence-electron chi connectivity index (χ2n) is 5.31. The monoisotopic (exact) mass is 267 g/mol. The van der Waals surface area contributed by atoms with Crippen molar-refractivity contribution in [2.24, 2.45) is 16.9 Å². The van der Waals surface area contributed by atoms with Crippen LogP contribution in [0, 0.1) is 11.8 Å². The molecule has 0 spiro atoms. The molecule has 2 atom stereocenters. The zero-order chi connectivity index (χ0) is 13.8. The molecule has 6 heteroatoms. The van der Waals surface area contributed by atoms with Gasteiger partial charge in [-0.3, -0.25) is 9.59 Å². The van der Waals surface area contributed by atoms with Crippen molar-refractivity contribution in [1.82, 2.24) is 10.3 Å². The summed E-state index contributed by atoms with van der Waals surface area (Å²) in [7, 11) is 1.56. The molecule has 0 radical (unpaired) electrons. The van der Waals surface area contributed by atoms with E-state index in [1.54, 1.807) is 7.05 Å². The Kier molecular flexibility index (Phi) is 4.52. The summed E-state index contributed by atoms with van der Waals surface area (Å²) in [6.07, 6.45) is 3.95. The molecule has 2 amide bonds. The van der Waals surface area contributed by atoms with Gasteiger partial charge in [-0.25, -0.2) is 5.01 Å². The van der Waals surface area contributed by atoms with Gasteiger partial charge in [-0.1, -0.05) is 6.42 Å². The molecule has 1 heterocycles. The molecule has 0 aromatic heterocycles. The van der Waals surface area contributed by atoms with E-state index in [-0.39, 0.29) is 18.4 Å². The second kappa shape index (κ2) is 6.14. The van der Waals surface area contributed by atoms with Crippen LogP contribution in [0.5, 0.6) is 0 Å². The molecule has 1 aliphatic carbocycles. The van der Waals surface area contributed by atoms with E-state index >= 15 is 0 Å². The van der Waals surface area contributed by atoms with Crippen LogP contribution in [0.3, 0.4) is 0 Å². The molecular weight excluding hydrogens is 246 g/mol. The van der Waals surface area contributed by atoms with Crippen molar-refractivity contribution in [2.45, 2.75) is 32.1 Å². The van der Waals surface area contributed by atoms with Gasteiger partial charge >= 0.3 is 0 Å². The quantitative estimate of drug-likeness (QED) is 0.759. The first-order valence-electron chi connectivity index (χ1n) is 6.85. The predicted molar refractivity (Wildman–Crippen MR) is 70.4 cm³/mol. The molecular formula is C13H21N3O3. The summed E-state index contributed by atoms with van der Waals surface area (Å²) in [6, 6.07) is 0. The topological polar surface area (TPSA) is 82.0 Å². The largest absolute Gasteiger partial charge is 0.396 e. The summed E-state index contributed by atoms with van der Waals surface area (Å²) >= 11 is 0. The van der Waals surface area contributed by atoms with Gasteiger partial charge in [0.15, 0.2) is 0 Å². The van der Waals surface area contributed by atoms with E-state index in [1.807, 2.05) is 0 Å². The van der Waals surface area contributed by atoms with E-state index in [0.717, 1.165) is 19.3 Å². The van der Waals surface area contributed by atoms with Crippen molar-refractivity contribution in [1.29, 1.82) is 0 Å². The summed E-state index contributed by atoms with van der Waals surface area (Å²) in [5.41, 5.74) is 0.417. The Morgan fingerprint density at radius 1 is 1.42 bits per heavy atom. The van der Waals surface area contributed by atoms with Crippen molar-refractivity contribution in [2.75, 3.05) is 20.2 Å². The molecule has 1 saturated carbocycles. The van der Waals surface area contributed by atoms with Crippen LogP contribution in [0.2, 0.25) is 0 Å². The maximum absolute atomic E-state index is 12.0. The van der Waals surface area contributed by atoms with Gasteiger partial charge in [0.2, 0.25) is 5.91 Å². The van der Waals surface area contributed by atoms with Crippen molar-refractivity contribution >= 4 is 17.5 Å². The van der Waals surface area contributed by atoms with Crippen LogP contribution in [0.4, 0.5) is 0 Å². The van der Waals surface area contributed by atoms with E-state index < -0.39 is 0 Å². The first kappa shape index (κ1) is 14.0. The first-order valence-corrected chi connectivity index (χ1v) is 6.85. The van der Waals surface area contributed by atoms with Crippen molar-refractivity contribution in [3.63, 3.8) is 0 Å². The number of carbonyl (C=O) groups is 2. The molecule has 0 aromatic rings. The molecule has 2 N–H and O–H groups in total. The minimum Gasteiger partial charge on any atom is -0.396 e. The number of rotatable bonds is 4. The van der Waals surface area contributed by atoms with E-state index in [1.165, 1.54) is 5.01 Å². The van der Waals surface area contributed by atoms with Gasteiger partial charge in [-0.2, -0.15) is 5.10 Å². The summed E-state index contributed by atoms with van der Waals surface area (Å²) < 4.78 is 0. The Bertz CT molecular complexity index is 395. The summed E-state index contributed by atoms with van der Waals surface area (Å²) in [4.78, 5) is 23.2. The number of amides is 2. The van der Waals surface area contributed by atoms with Gasteiger partial charge in [0.05, 0.1) is 0 Å². The third-order valence-corrected chi connectivity index (χ3v) is 4.05. The molecule has 1 fully saturated rings. The van der Waals surface area contributed by atoms with E-state index in [2.05, 4.69) is 10.4 Å². The first-order chi connectivity index (χ1) is 9.11. The van der Waals surface area contributed by atoms with Crippen molar-refractivity contribution in [3.8, 4) is 0 Å². The zero-order valence-electron chi connectivity index (χ0n) is 11.3. The lowest BCUT2D eigenvalue weighted by Gasteiger charge is -2.21. The van der Waals surface area contributed by atoms with Crippen LogP contribution in [0.25, 0.3) is 0 Å². The lowest BCUT2D eigenvalue weighted by atomic mass is 9.97. The smallest absolute Gasteiger partial charge is 0.267 e. The molecule has 2 unspecified atom stereocenters. The van der Waals surface area contributed by atoms with Gasteiger partial charge < -0.3 is 10.4 Å². The highest BCUT2D eigenvalue weighted by Crippen LogP contribution is 2.30. The Morgan fingerprint density at radius 2 is 2.16 bits per heavy atom. The maximum atomic E-state index is 12.0. The molecule has 19 heavy (non-hydrogen) atoms. The molecule has 0 aromatic carbocycles. The Balaban J connectivity index is 1.84. The number of nitrogens with zero attached hydrogens (tertiary/aromatic N) is 2. The van der Waals surface area contributed by atoms with Gasteiger partial charge in [0.25, 0.3) is 5.91 Å². The molecule has 0 saturated heterocycles. The highest BCUT2D eigenvalue weighted by Gasteiger charge is 2.28. The number of hydrazone groups is 1. The zero-order valence-corrected chi connectivity index (χ0v) is 11.3. The maximum Gasteiger partial charge on any atom is 0.267 e. The fourth-order valence-corrected chi connectivity index (χ4v) is 2.78. The number of hydrogen-bond donors (Lipinski definition) is 2. The van der Waals surface area contributed by atoms with E-state index in [0.29, 0.717) is 36.9 Å². The highest BCUT2D eigenvalue weighted by atomic mass is 16.3. The van der Waals surface area contributed by atoms with Crippen LogP contribution in [-0.4, -0.2) is 47.8 Å². The number of hydrogen-bond acceptors (Lipinski definition) is 4.